The van der Waals surface area contributed by atoms with Crippen LogP contribution in [0.4, 0.5) is 5.69 Å². The van der Waals surface area contributed by atoms with Crippen LogP contribution >= 0.6 is 22.6 Å². The van der Waals surface area contributed by atoms with Crippen molar-refractivity contribution in [2.75, 3.05) is 5.32 Å². The molecule has 4 heteroatoms. The Kier molecular flexibility index (Phi) is 3.48. The second-order valence-electron chi connectivity index (χ2n) is 3.61. The summed E-state index contributed by atoms with van der Waals surface area (Å²) in [4.78, 5) is 4.32. The zero-order valence-electron chi connectivity index (χ0n) is 9.25. The first-order chi connectivity index (χ1) is 7.65. The fourth-order valence-corrected chi connectivity index (χ4v) is 1.93. The molecule has 0 aliphatic carbocycles. The molecule has 2 rings (SSSR count). The van der Waals surface area contributed by atoms with Crippen LogP contribution in [0.25, 0.3) is 0 Å². The maximum Gasteiger partial charge on any atom is 0.213 e. The van der Waals surface area contributed by atoms with Crippen LogP contribution in [-0.2, 0) is 6.54 Å². The van der Waals surface area contributed by atoms with Gasteiger partial charge in [-0.15, -0.1) is 0 Å². The zero-order valence-corrected chi connectivity index (χ0v) is 11.4. The van der Waals surface area contributed by atoms with E-state index in [1.807, 2.05) is 26.0 Å². The van der Waals surface area contributed by atoms with E-state index in [0.717, 1.165) is 23.0 Å². The number of rotatable bonds is 3. The van der Waals surface area contributed by atoms with Gasteiger partial charge in [0.2, 0.25) is 5.89 Å². The van der Waals surface area contributed by atoms with Gasteiger partial charge >= 0.3 is 0 Å². The monoisotopic (exact) mass is 328 g/mol. The van der Waals surface area contributed by atoms with Crippen LogP contribution in [0.15, 0.2) is 28.7 Å². The van der Waals surface area contributed by atoms with E-state index in [0.29, 0.717) is 6.54 Å². The number of nitrogens with one attached hydrogen (secondary N) is 1. The maximum absolute atomic E-state index is 5.49. The number of aryl methyl sites for hydroxylation is 2. The zero-order chi connectivity index (χ0) is 11.5. The van der Waals surface area contributed by atoms with Crippen LogP contribution in [0.1, 0.15) is 17.3 Å². The molecule has 0 fully saturated rings. The normalized spacial score (nSPS) is 10.4. The summed E-state index contributed by atoms with van der Waals surface area (Å²) in [6, 6.07) is 8.20. The topological polar surface area (TPSA) is 38.1 Å². The highest BCUT2D eigenvalue weighted by molar-refractivity contribution is 14.1. The quantitative estimate of drug-likeness (QED) is 0.877. The molecule has 0 spiro atoms. The molecular weight excluding hydrogens is 315 g/mol. The SMILES string of the molecule is Cc1nc(CNc2cccc(I)c2)oc1C. The van der Waals surface area contributed by atoms with E-state index in [1.165, 1.54) is 3.57 Å². The average molecular weight is 328 g/mol. The van der Waals surface area contributed by atoms with E-state index in [4.69, 9.17) is 4.42 Å². The summed E-state index contributed by atoms with van der Waals surface area (Å²) in [5, 5.41) is 3.28. The first-order valence-electron chi connectivity index (χ1n) is 5.07. The molecular formula is C12H13IN2O. The Morgan fingerprint density at radius 3 is 2.81 bits per heavy atom. The summed E-state index contributed by atoms with van der Waals surface area (Å²) in [7, 11) is 0. The van der Waals surface area contributed by atoms with E-state index < -0.39 is 0 Å². The van der Waals surface area contributed by atoms with Crippen LogP contribution in [0, 0.1) is 17.4 Å². The van der Waals surface area contributed by atoms with E-state index >= 15 is 0 Å². The Hall–Kier alpha value is -1.04. The predicted octanol–water partition coefficient (Wildman–Crippen LogP) is 3.51. The number of nitrogens with zero attached hydrogens (tertiary/aromatic N) is 1. The summed E-state index contributed by atoms with van der Waals surface area (Å²) in [5.41, 5.74) is 2.04. The van der Waals surface area contributed by atoms with Crippen LogP contribution in [0.3, 0.4) is 0 Å². The molecule has 1 heterocycles. The Labute approximate surface area is 108 Å². The molecule has 0 atom stereocenters. The number of aromatic nitrogens is 1. The molecule has 0 aliphatic heterocycles. The van der Waals surface area contributed by atoms with Crippen LogP contribution in [-0.4, -0.2) is 4.98 Å². The molecule has 0 aliphatic rings. The first-order valence-corrected chi connectivity index (χ1v) is 6.15. The highest BCUT2D eigenvalue weighted by Gasteiger charge is 2.04. The third-order valence-electron chi connectivity index (χ3n) is 2.34. The molecule has 16 heavy (non-hydrogen) atoms. The summed E-state index contributed by atoms with van der Waals surface area (Å²) in [5.74, 6) is 1.62. The third-order valence-corrected chi connectivity index (χ3v) is 3.01. The van der Waals surface area contributed by atoms with Crippen molar-refractivity contribution in [3.8, 4) is 0 Å². The van der Waals surface area contributed by atoms with Crippen molar-refractivity contribution in [2.24, 2.45) is 0 Å². The summed E-state index contributed by atoms with van der Waals surface area (Å²) in [6.45, 7) is 4.50. The lowest BCUT2D eigenvalue weighted by Crippen LogP contribution is -1.99. The van der Waals surface area contributed by atoms with Gasteiger partial charge in [-0.2, -0.15) is 0 Å². The molecule has 0 amide bonds. The second-order valence-corrected chi connectivity index (χ2v) is 4.86. The van der Waals surface area contributed by atoms with Crippen molar-refractivity contribution in [2.45, 2.75) is 20.4 Å². The highest BCUT2D eigenvalue weighted by atomic mass is 127. The lowest BCUT2D eigenvalue weighted by atomic mass is 10.3. The van der Waals surface area contributed by atoms with Gasteiger partial charge in [0.1, 0.15) is 5.76 Å². The fraction of sp³-hybridized carbons (Fsp3) is 0.250. The Balaban J connectivity index is 2.02. The van der Waals surface area contributed by atoms with Gasteiger partial charge in [0, 0.05) is 9.26 Å². The molecule has 0 bridgehead atoms. The van der Waals surface area contributed by atoms with Crippen molar-refractivity contribution >= 4 is 28.3 Å². The molecule has 0 saturated carbocycles. The van der Waals surface area contributed by atoms with Crippen LogP contribution in [0.2, 0.25) is 0 Å². The van der Waals surface area contributed by atoms with Gasteiger partial charge in [0.05, 0.1) is 12.2 Å². The van der Waals surface area contributed by atoms with E-state index in [9.17, 15) is 0 Å². The standard InChI is InChI=1S/C12H13IN2O/c1-8-9(2)16-12(15-8)7-14-11-5-3-4-10(13)6-11/h3-6,14H,7H2,1-2H3. The second kappa shape index (κ2) is 4.86. The van der Waals surface area contributed by atoms with Crippen molar-refractivity contribution in [1.82, 2.24) is 4.98 Å². The summed E-state index contributed by atoms with van der Waals surface area (Å²) < 4.78 is 6.70. The van der Waals surface area contributed by atoms with Gasteiger partial charge in [-0.3, -0.25) is 0 Å². The fourth-order valence-electron chi connectivity index (χ4n) is 1.39. The molecule has 84 valence electrons. The van der Waals surface area contributed by atoms with Gasteiger partial charge in [-0.1, -0.05) is 6.07 Å². The highest BCUT2D eigenvalue weighted by Crippen LogP contribution is 2.14. The van der Waals surface area contributed by atoms with E-state index in [1.54, 1.807) is 0 Å². The molecule has 1 N–H and O–H groups in total. The molecule has 1 aromatic heterocycles. The lowest BCUT2D eigenvalue weighted by molar-refractivity contribution is 0.478. The maximum atomic E-state index is 5.49. The Morgan fingerprint density at radius 1 is 1.38 bits per heavy atom. The average Bonchev–Trinajstić information content (AvgIpc) is 2.56. The minimum absolute atomic E-state index is 0.620. The van der Waals surface area contributed by atoms with Crippen LogP contribution < -0.4 is 5.32 Å². The van der Waals surface area contributed by atoms with E-state index in [2.05, 4.69) is 45.0 Å². The third kappa shape index (κ3) is 2.75. The number of hydrogen-bond donors (Lipinski definition) is 1. The molecule has 1 aromatic carbocycles. The number of halogens is 1. The number of anilines is 1. The van der Waals surface area contributed by atoms with Crippen molar-refractivity contribution in [1.29, 1.82) is 0 Å². The number of benzene rings is 1. The van der Waals surface area contributed by atoms with E-state index in [-0.39, 0.29) is 0 Å². The summed E-state index contributed by atoms with van der Waals surface area (Å²) >= 11 is 2.29. The van der Waals surface area contributed by atoms with Crippen molar-refractivity contribution < 1.29 is 4.42 Å². The Morgan fingerprint density at radius 2 is 2.19 bits per heavy atom. The molecule has 2 aromatic rings. The minimum atomic E-state index is 0.620. The molecule has 0 saturated heterocycles. The predicted molar refractivity (Wildman–Crippen MR) is 72.5 cm³/mol. The first kappa shape index (κ1) is 11.4. The van der Waals surface area contributed by atoms with Gasteiger partial charge < -0.3 is 9.73 Å². The smallest absolute Gasteiger partial charge is 0.213 e. The number of hydrogen-bond acceptors (Lipinski definition) is 3. The molecule has 0 unspecified atom stereocenters. The van der Waals surface area contributed by atoms with Crippen molar-refractivity contribution in [3.05, 3.63) is 45.2 Å². The van der Waals surface area contributed by atoms with Gasteiger partial charge in [0.15, 0.2) is 0 Å². The molecule has 3 nitrogen and oxygen atoms in total. The Bertz CT molecular complexity index is 474. The van der Waals surface area contributed by atoms with Gasteiger partial charge in [0.25, 0.3) is 0 Å². The largest absolute Gasteiger partial charge is 0.444 e. The van der Waals surface area contributed by atoms with Crippen LogP contribution in [0.5, 0.6) is 0 Å². The van der Waals surface area contributed by atoms with Gasteiger partial charge in [-0.25, -0.2) is 4.98 Å². The lowest BCUT2D eigenvalue weighted by Gasteiger charge is -2.03. The van der Waals surface area contributed by atoms with Gasteiger partial charge in [-0.05, 0) is 54.6 Å². The summed E-state index contributed by atoms with van der Waals surface area (Å²) in [6.07, 6.45) is 0. The van der Waals surface area contributed by atoms with Crippen molar-refractivity contribution in [3.63, 3.8) is 0 Å². The minimum Gasteiger partial charge on any atom is -0.444 e. The number of oxazole rings is 1. The molecule has 0 radical (unpaired) electrons.